The number of nitrogens with zero attached hydrogens (tertiary/aromatic N) is 1. The van der Waals surface area contributed by atoms with Crippen LogP contribution in [0.15, 0.2) is 45.8 Å². The van der Waals surface area contributed by atoms with Gasteiger partial charge < -0.3 is 15.6 Å². The number of amides is 1. The second kappa shape index (κ2) is 5.87. The molecule has 7 heteroatoms. The first-order chi connectivity index (χ1) is 9.45. The van der Waals surface area contributed by atoms with Crippen LogP contribution in [-0.4, -0.2) is 10.5 Å². The quantitative estimate of drug-likeness (QED) is 0.897. The molecule has 0 radical (unpaired) electrons. The van der Waals surface area contributed by atoms with Crippen LogP contribution < -0.4 is 16.6 Å². The van der Waals surface area contributed by atoms with Crippen molar-refractivity contribution >= 4 is 33.2 Å². The minimum atomic E-state index is -0.562. The number of carbonyl (C=O) groups is 1. The number of nitrogens with two attached hydrogens (primary N) is 1. The van der Waals surface area contributed by atoms with Gasteiger partial charge in [0.05, 0.1) is 5.69 Å². The van der Waals surface area contributed by atoms with E-state index >= 15 is 0 Å². The van der Waals surface area contributed by atoms with Gasteiger partial charge in [0.15, 0.2) is 0 Å². The van der Waals surface area contributed by atoms with Crippen molar-refractivity contribution in [2.24, 2.45) is 0 Å². The van der Waals surface area contributed by atoms with Gasteiger partial charge >= 0.3 is 0 Å². The summed E-state index contributed by atoms with van der Waals surface area (Å²) >= 11 is 3.12. The average Bonchev–Trinajstić information content (AvgIpc) is 2.37. The lowest BCUT2D eigenvalue weighted by molar-refractivity contribution is -0.116. The number of aromatic nitrogens is 1. The molecule has 0 bridgehead atoms. The molecule has 0 aliphatic carbocycles. The third-order valence-electron chi connectivity index (χ3n) is 2.53. The SMILES string of the molecule is Nc1ccc(=O)n(CC(=O)Nc2ccc(Br)cc2F)c1. The van der Waals surface area contributed by atoms with E-state index in [1.165, 1.54) is 30.5 Å². The standard InChI is InChI=1S/C13H11BrFN3O2/c14-8-1-3-11(10(15)5-8)17-12(19)7-18-6-9(16)2-4-13(18)20/h1-6H,7,16H2,(H,17,19). The van der Waals surface area contributed by atoms with Crippen LogP contribution in [0.5, 0.6) is 0 Å². The average molecular weight is 340 g/mol. The van der Waals surface area contributed by atoms with E-state index < -0.39 is 11.7 Å². The zero-order valence-corrected chi connectivity index (χ0v) is 11.9. The molecule has 104 valence electrons. The molecule has 0 aliphatic heterocycles. The lowest BCUT2D eigenvalue weighted by atomic mass is 10.3. The number of halogens is 2. The zero-order chi connectivity index (χ0) is 14.7. The summed E-state index contributed by atoms with van der Waals surface area (Å²) < 4.78 is 15.3. The first-order valence-corrected chi connectivity index (χ1v) is 6.46. The molecular formula is C13H11BrFN3O2. The largest absolute Gasteiger partial charge is 0.398 e. The number of hydrogen-bond acceptors (Lipinski definition) is 3. The Morgan fingerprint density at radius 1 is 1.35 bits per heavy atom. The lowest BCUT2D eigenvalue weighted by Gasteiger charge is -2.08. The van der Waals surface area contributed by atoms with Gasteiger partial charge in [-0.3, -0.25) is 9.59 Å². The second-order valence-electron chi connectivity index (χ2n) is 4.10. The van der Waals surface area contributed by atoms with Crippen molar-refractivity contribution in [3.63, 3.8) is 0 Å². The summed E-state index contributed by atoms with van der Waals surface area (Å²) in [5.74, 6) is -1.08. The summed E-state index contributed by atoms with van der Waals surface area (Å²) in [7, 11) is 0. The van der Waals surface area contributed by atoms with Gasteiger partial charge in [0, 0.05) is 22.4 Å². The van der Waals surface area contributed by atoms with Gasteiger partial charge in [0.25, 0.3) is 5.56 Å². The maximum Gasteiger partial charge on any atom is 0.251 e. The monoisotopic (exact) mass is 339 g/mol. The van der Waals surface area contributed by atoms with Crippen molar-refractivity contribution < 1.29 is 9.18 Å². The number of rotatable bonds is 3. The van der Waals surface area contributed by atoms with Gasteiger partial charge in [-0.25, -0.2) is 4.39 Å². The van der Waals surface area contributed by atoms with Crippen molar-refractivity contribution in [3.05, 3.63) is 57.2 Å². The first kappa shape index (κ1) is 14.3. The van der Waals surface area contributed by atoms with Crippen LogP contribution in [0.1, 0.15) is 0 Å². The van der Waals surface area contributed by atoms with E-state index in [1.807, 2.05) is 0 Å². The van der Waals surface area contributed by atoms with Crippen LogP contribution >= 0.6 is 15.9 Å². The molecule has 0 saturated heterocycles. The maximum absolute atomic E-state index is 13.6. The van der Waals surface area contributed by atoms with E-state index in [0.717, 1.165) is 4.57 Å². The smallest absolute Gasteiger partial charge is 0.251 e. The molecule has 2 rings (SSSR count). The fraction of sp³-hybridized carbons (Fsp3) is 0.0769. The van der Waals surface area contributed by atoms with E-state index in [2.05, 4.69) is 21.2 Å². The maximum atomic E-state index is 13.6. The summed E-state index contributed by atoms with van der Waals surface area (Å²) in [5.41, 5.74) is 5.60. The predicted octanol–water partition coefficient (Wildman–Crippen LogP) is 1.97. The highest BCUT2D eigenvalue weighted by molar-refractivity contribution is 9.10. The number of pyridine rings is 1. The molecule has 0 unspecified atom stereocenters. The number of anilines is 2. The van der Waals surface area contributed by atoms with Crippen LogP contribution in [0.2, 0.25) is 0 Å². The molecule has 0 atom stereocenters. The first-order valence-electron chi connectivity index (χ1n) is 5.66. The lowest BCUT2D eigenvalue weighted by Crippen LogP contribution is -2.27. The normalized spacial score (nSPS) is 10.3. The molecule has 0 spiro atoms. The molecule has 1 heterocycles. The van der Waals surface area contributed by atoms with Crippen LogP contribution in [0.4, 0.5) is 15.8 Å². The molecule has 0 saturated carbocycles. The van der Waals surface area contributed by atoms with E-state index in [0.29, 0.717) is 10.2 Å². The molecule has 0 fully saturated rings. The number of nitrogens with one attached hydrogen (secondary N) is 1. The highest BCUT2D eigenvalue weighted by atomic mass is 79.9. The molecule has 20 heavy (non-hydrogen) atoms. The van der Waals surface area contributed by atoms with Gasteiger partial charge in [-0.1, -0.05) is 15.9 Å². The number of nitrogen functional groups attached to an aromatic ring is 1. The molecular weight excluding hydrogens is 329 g/mol. The van der Waals surface area contributed by atoms with Crippen molar-refractivity contribution in [2.75, 3.05) is 11.1 Å². The molecule has 1 aromatic heterocycles. The third-order valence-corrected chi connectivity index (χ3v) is 3.02. The third kappa shape index (κ3) is 3.45. The van der Waals surface area contributed by atoms with E-state index in [1.54, 1.807) is 6.07 Å². The Balaban J connectivity index is 2.13. The Kier molecular flexibility index (Phi) is 4.19. The minimum absolute atomic E-state index is 0.0511. The van der Waals surface area contributed by atoms with Crippen molar-refractivity contribution in [1.29, 1.82) is 0 Å². The van der Waals surface area contributed by atoms with E-state index in [4.69, 9.17) is 5.73 Å². The van der Waals surface area contributed by atoms with Crippen LogP contribution in [0.25, 0.3) is 0 Å². The summed E-state index contributed by atoms with van der Waals surface area (Å²) in [4.78, 5) is 23.3. The van der Waals surface area contributed by atoms with Gasteiger partial charge in [0.1, 0.15) is 12.4 Å². The summed E-state index contributed by atoms with van der Waals surface area (Å²) in [6.07, 6.45) is 1.36. The van der Waals surface area contributed by atoms with Gasteiger partial charge in [-0.15, -0.1) is 0 Å². The molecule has 5 nitrogen and oxygen atoms in total. The predicted molar refractivity (Wildman–Crippen MR) is 77.8 cm³/mol. The summed E-state index contributed by atoms with van der Waals surface area (Å²) in [6, 6.07) is 6.99. The Morgan fingerprint density at radius 2 is 2.10 bits per heavy atom. The zero-order valence-electron chi connectivity index (χ0n) is 10.3. The highest BCUT2D eigenvalue weighted by Crippen LogP contribution is 2.19. The van der Waals surface area contributed by atoms with Crippen LogP contribution in [0.3, 0.4) is 0 Å². The van der Waals surface area contributed by atoms with Crippen molar-refractivity contribution in [3.8, 4) is 0 Å². The summed E-state index contributed by atoms with van der Waals surface area (Å²) in [6.45, 7) is -0.237. The molecule has 0 aliphatic rings. The molecule has 1 aromatic carbocycles. The number of carbonyl (C=O) groups excluding carboxylic acids is 1. The Bertz CT molecular complexity index is 715. The number of benzene rings is 1. The topological polar surface area (TPSA) is 77.1 Å². The molecule has 3 N–H and O–H groups in total. The Morgan fingerprint density at radius 3 is 2.80 bits per heavy atom. The highest BCUT2D eigenvalue weighted by Gasteiger charge is 2.09. The van der Waals surface area contributed by atoms with Gasteiger partial charge in [-0.05, 0) is 24.3 Å². The fourth-order valence-electron chi connectivity index (χ4n) is 1.61. The summed E-state index contributed by atoms with van der Waals surface area (Å²) in [5, 5.41) is 2.40. The van der Waals surface area contributed by atoms with E-state index in [-0.39, 0.29) is 17.8 Å². The van der Waals surface area contributed by atoms with Gasteiger partial charge in [0.2, 0.25) is 5.91 Å². The van der Waals surface area contributed by atoms with Crippen molar-refractivity contribution in [1.82, 2.24) is 4.57 Å². The molecule has 1 amide bonds. The van der Waals surface area contributed by atoms with E-state index in [9.17, 15) is 14.0 Å². The van der Waals surface area contributed by atoms with Crippen molar-refractivity contribution in [2.45, 2.75) is 6.54 Å². The number of hydrogen-bond donors (Lipinski definition) is 2. The van der Waals surface area contributed by atoms with Gasteiger partial charge in [-0.2, -0.15) is 0 Å². The fourth-order valence-corrected chi connectivity index (χ4v) is 1.94. The Hall–Kier alpha value is -2.15. The molecule has 2 aromatic rings. The Labute approximate surface area is 122 Å². The van der Waals surface area contributed by atoms with Crippen LogP contribution in [0, 0.1) is 5.82 Å². The minimum Gasteiger partial charge on any atom is -0.398 e. The van der Waals surface area contributed by atoms with Crippen LogP contribution in [-0.2, 0) is 11.3 Å². The second-order valence-corrected chi connectivity index (χ2v) is 5.02.